The van der Waals surface area contributed by atoms with Crippen LogP contribution in [0.2, 0.25) is 0 Å². The van der Waals surface area contributed by atoms with Crippen molar-refractivity contribution in [1.82, 2.24) is 10.2 Å². The number of halogens is 3. The average Bonchev–Trinajstić information content (AvgIpc) is 2.88. The summed E-state index contributed by atoms with van der Waals surface area (Å²) in [5.74, 6) is -5.19. The number of nitrogens with one attached hydrogen (secondary N) is 2. The first-order chi connectivity index (χ1) is 9.52. The van der Waals surface area contributed by atoms with E-state index in [0.29, 0.717) is 11.7 Å². The number of anilines is 2. The Labute approximate surface area is 115 Å². The Morgan fingerprint density at radius 3 is 2.70 bits per heavy atom. The van der Waals surface area contributed by atoms with Crippen molar-refractivity contribution in [3.05, 3.63) is 34.6 Å². The van der Waals surface area contributed by atoms with Gasteiger partial charge in [0.2, 0.25) is 10.1 Å². The highest BCUT2D eigenvalue weighted by Gasteiger charge is 2.18. The molecule has 106 valence electrons. The largest absolute Gasteiger partial charge is 0.360 e. The summed E-state index contributed by atoms with van der Waals surface area (Å²) < 4.78 is 39.2. The Bertz CT molecular complexity index is 647. The fourth-order valence-corrected chi connectivity index (χ4v) is 2.04. The molecular formula is C11H9F3N4OS. The van der Waals surface area contributed by atoms with Crippen LogP contribution in [0.5, 0.6) is 0 Å². The number of nitrogens with zero attached hydrogens (tertiary/aromatic N) is 2. The molecule has 9 heteroatoms. The van der Waals surface area contributed by atoms with Gasteiger partial charge in [-0.2, -0.15) is 0 Å². The van der Waals surface area contributed by atoms with Gasteiger partial charge in [0.05, 0.1) is 5.69 Å². The lowest BCUT2D eigenvalue weighted by atomic mass is 10.3. The van der Waals surface area contributed by atoms with Crippen LogP contribution in [0.25, 0.3) is 0 Å². The lowest BCUT2D eigenvalue weighted by Gasteiger charge is -2.05. The number of carbonyl (C=O) groups excluding carboxylic acids is 1. The quantitative estimate of drug-likeness (QED) is 0.852. The highest BCUT2D eigenvalue weighted by Crippen LogP contribution is 2.21. The lowest BCUT2D eigenvalue weighted by Crippen LogP contribution is -2.13. The van der Waals surface area contributed by atoms with Crippen LogP contribution in [0.4, 0.5) is 24.0 Å². The van der Waals surface area contributed by atoms with E-state index in [1.807, 2.05) is 6.92 Å². The second-order valence-electron chi connectivity index (χ2n) is 3.62. The summed E-state index contributed by atoms with van der Waals surface area (Å²) in [7, 11) is 0. The van der Waals surface area contributed by atoms with Gasteiger partial charge in [-0.1, -0.05) is 11.3 Å². The summed E-state index contributed by atoms with van der Waals surface area (Å²) in [4.78, 5) is 11.8. The first-order valence-corrected chi connectivity index (χ1v) is 6.36. The van der Waals surface area contributed by atoms with Gasteiger partial charge in [-0.25, -0.2) is 13.2 Å². The molecule has 2 N–H and O–H groups in total. The van der Waals surface area contributed by atoms with Crippen molar-refractivity contribution in [2.45, 2.75) is 6.92 Å². The number of hydrogen-bond donors (Lipinski definition) is 2. The molecule has 0 unspecified atom stereocenters. The Balaban J connectivity index is 2.17. The van der Waals surface area contributed by atoms with Gasteiger partial charge in [0.1, 0.15) is 0 Å². The third-order valence-electron chi connectivity index (χ3n) is 2.23. The van der Waals surface area contributed by atoms with E-state index < -0.39 is 29.0 Å². The summed E-state index contributed by atoms with van der Waals surface area (Å²) in [6, 6.07) is 1.65. The molecule has 0 saturated carbocycles. The normalized spacial score (nSPS) is 10.4. The molecule has 0 fully saturated rings. The number of rotatable bonds is 4. The zero-order chi connectivity index (χ0) is 14.7. The number of benzene rings is 1. The van der Waals surface area contributed by atoms with E-state index in [4.69, 9.17) is 0 Å². The smallest absolute Gasteiger partial charge is 0.286 e. The van der Waals surface area contributed by atoms with Gasteiger partial charge < -0.3 is 10.6 Å². The number of amides is 1. The van der Waals surface area contributed by atoms with Gasteiger partial charge in [0.15, 0.2) is 17.5 Å². The van der Waals surface area contributed by atoms with E-state index >= 15 is 0 Å². The summed E-state index contributed by atoms with van der Waals surface area (Å²) in [6.45, 7) is 2.45. The molecule has 1 amide bonds. The number of carbonyl (C=O) groups is 1. The molecule has 5 nitrogen and oxygen atoms in total. The molecule has 0 aliphatic heterocycles. The summed E-state index contributed by atoms with van der Waals surface area (Å²) in [6.07, 6.45) is 0. The van der Waals surface area contributed by atoms with Crippen molar-refractivity contribution in [3.8, 4) is 0 Å². The van der Waals surface area contributed by atoms with Crippen LogP contribution in [-0.4, -0.2) is 22.6 Å². The third-order valence-corrected chi connectivity index (χ3v) is 3.11. The molecule has 0 saturated heterocycles. The SMILES string of the molecule is CCNc1nnc(C(=O)Nc2ccc(F)c(F)c2F)s1. The molecule has 0 aliphatic carbocycles. The van der Waals surface area contributed by atoms with Gasteiger partial charge in [-0.05, 0) is 19.1 Å². The molecule has 0 aliphatic rings. The minimum absolute atomic E-state index is 0.0231. The van der Waals surface area contributed by atoms with E-state index in [1.165, 1.54) is 0 Å². The maximum Gasteiger partial charge on any atom is 0.286 e. The molecular weight excluding hydrogens is 293 g/mol. The molecule has 1 aromatic carbocycles. The van der Waals surface area contributed by atoms with Crippen LogP contribution >= 0.6 is 11.3 Å². The molecule has 2 rings (SSSR count). The van der Waals surface area contributed by atoms with Gasteiger partial charge in [0, 0.05) is 6.54 Å². The minimum Gasteiger partial charge on any atom is -0.360 e. The number of aromatic nitrogens is 2. The molecule has 1 aromatic heterocycles. The Kier molecular flexibility index (Phi) is 4.18. The maximum atomic E-state index is 13.4. The molecule has 0 atom stereocenters. The standard InChI is InChI=1S/C11H9F3N4OS/c1-2-15-11-18-17-10(20-11)9(19)16-6-4-3-5(12)7(13)8(6)14/h3-4H,2H2,1H3,(H,15,18)(H,16,19). The highest BCUT2D eigenvalue weighted by atomic mass is 32.1. The fraction of sp³-hybridized carbons (Fsp3) is 0.182. The van der Waals surface area contributed by atoms with E-state index in [2.05, 4.69) is 20.8 Å². The Morgan fingerprint density at radius 2 is 2.00 bits per heavy atom. The van der Waals surface area contributed by atoms with Crippen molar-refractivity contribution in [1.29, 1.82) is 0 Å². The van der Waals surface area contributed by atoms with Gasteiger partial charge in [-0.3, -0.25) is 4.79 Å². The molecule has 0 radical (unpaired) electrons. The van der Waals surface area contributed by atoms with Crippen LogP contribution < -0.4 is 10.6 Å². The van der Waals surface area contributed by atoms with Crippen LogP contribution in [0.1, 0.15) is 16.7 Å². The van der Waals surface area contributed by atoms with Crippen molar-refractivity contribution in [2.75, 3.05) is 17.2 Å². The molecule has 1 heterocycles. The predicted octanol–water partition coefficient (Wildman–Crippen LogP) is 2.64. The van der Waals surface area contributed by atoms with E-state index in [1.54, 1.807) is 0 Å². The zero-order valence-corrected chi connectivity index (χ0v) is 11.0. The second kappa shape index (κ2) is 5.87. The number of hydrogen-bond acceptors (Lipinski definition) is 5. The third kappa shape index (κ3) is 2.87. The topological polar surface area (TPSA) is 66.9 Å². The predicted molar refractivity (Wildman–Crippen MR) is 68.3 cm³/mol. The molecule has 0 bridgehead atoms. The molecule has 2 aromatic rings. The van der Waals surface area contributed by atoms with E-state index in [9.17, 15) is 18.0 Å². The van der Waals surface area contributed by atoms with Crippen molar-refractivity contribution < 1.29 is 18.0 Å². The highest BCUT2D eigenvalue weighted by molar-refractivity contribution is 7.17. The second-order valence-corrected chi connectivity index (χ2v) is 4.60. The van der Waals surface area contributed by atoms with Crippen molar-refractivity contribution in [2.24, 2.45) is 0 Å². The van der Waals surface area contributed by atoms with Crippen LogP contribution in [0, 0.1) is 17.5 Å². The summed E-state index contributed by atoms with van der Waals surface area (Å²) in [5, 5.41) is 12.7. The van der Waals surface area contributed by atoms with Gasteiger partial charge in [0.25, 0.3) is 5.91 Å². The van der Waals surface area contributed by atoms with E-state index in [0.717, 1.165) is 23.5 Å². The summed E-state index contributed by atoms with van der Waals surface area (Å²) in [5.41, 5.74) is -0.464. The molecule has 0 spiro atoms. The maximum absolute atomic E-state index is 13.4. The minimum atomic E-state index is -1.64. The first-order valence-electron chi connectivity index (χ1n) is 5.55. The Morgan fingerprint density at radius 1 is 1.25 bits per heavy atom. The van der Waals surface area contributed by atoms with Crippen molar-refractivity contribution in [3.63, 3.8) is 0 Å². The van der Waals surface area contributed by atoms with Crippen LogP contribution in [0.15, 0.2) is 12.1 Å². The molecule has 20 heavy (non-hydrogen) atoms. The monoisotopic (exact) mass is 302 g/mol. The Hall–Kier alpha value is -2.16. The van der Waals surface area contributed by atoms with Crippen LogP contribution in [0.3, 0.4) is 0 Å². The lowest BCUT2D eigenvalue weighted by molar-refractivity contribution is 0.102. The summed E-state index contributed by atoms with van der Waals surface area (Å²) >= 11 is 0.962. The zero-order valence-electron chi connectivity index (χ0n) is 10.2. The van der Waals surface area contributed by atoms with Gasteiger partial charge in [-0.15, -0.1) is 10.2 Å². The van der Waals surface area contributed by atoms with Crippen LogP contribution in [-0.2, 0) is 0 Å². The van der Waals surface area contributed by atoms with Crippen molar-refractivity contribution >= 4 is 28.1 Å². The average molecular weight is 302 g/mol. The first kappa shape index (κ1) is 14.3. The fourth-order valence-electron chi connectivity index (χ4n) is 1.34. The van der Waals surface area contributed by atoms with E-state index in [-0.39, 0.29) is 5.01 Å². The van der Waals surface area contributed by atoms with Gasteiger partial charge >= 0.3 is 0 Å².